The first-order chi connectivity index (χ1) is 6.56. The van der Waals surface area contributed by atoms with Gasteiger partial charge in [-0.05, 0) is 19.9 Å². The molecule has 2 aliphatic rings. The molecule has 14 heavy (non-hydrogen) atoms. The van der Waals surface area contributed by atoms with Gasteiger partial charge in [0.15, 0.2) is 0 Å². The van der Waals surface area contributed by atoms with Crippen LogP contribution in [0.5, 0.6) is 0 Å². The van der Waals surface area contributed by atoms with Crippen molar-refractivity contribution in [2.75, 3.05) is 13.4 Å². The molecule has 1 saturated heterocycles. The smallest absolute Gasteiger partial charge is 0.147 e. The van der Waals surface area contributed by atoms with Gasteiger partial charge in [-0.2, -0.15) is 0 Å². The third kappa shape index (κ3) is 1.30. The van der Waals surface area contributed by atoms with E-state index in [-0.39, 0.29) is 11.6 Å². The largest absolute Gasteiger partial charge is 0.353 e. The van der Waals surface area contributed by atoms with Gasteiger partial charge < -0.3 is 15.2 Å². The van der Waals surface area contributed by atoms with Gasteiger partial charge in [0.05, 0.1) is 17.7 Å². The molecule has 2 N–H and O–H groups in total. The second-order valence-corrected chi connectivity index (χ2v) is 4.27. The van der Waals surface area contributed by atoms with Crippen LogP contribution in [0, 0.1) is 0 Å². The Labute approximate surface area is 83.8 Å². The van der Waals surface area contributed by atoms with Crippen molar-refractivity contribution in [2.45, 2.75) is 31.0 Å². The summed E-state index contributed by atoms with van der Waals surface area (Å²) in [5.74, 6) is 0. The molecule has 78 valence electrons. The number of nitrogens with zero attached hydrogens (tertiary/aromatic N) is 1. The zero-order valence-electron chi connectivity index (χ0n) is 8.56. The molecule has 0 aromatic rings. The van der Waals surface area contributed by atoms with Crippen LogP contribution in [0.3, 0.4) is 0 Å². The minimum Gasteiger partial charge on any atom is -0.353 e. The second-order valence-electron chi connectivity index (χ2n) is 4.27. The Balaban J connectivity index is 2.28. The summed E-state index contributed by atoms with van der Waals surface area (Å²) in [7, 11) is 0. The molecule has 4 heteroatoms. The molecule has 0 saturated carbocycles. The lowest BCUT2D eigenvalue weighted by molar-refractivity contribution is 0.0161. The van der Waals surface area contributed by atoms with Crippen molar-refractivity contribution >= 4 is 6.21 Å². The average molecular weight is 196 g/mol. The molecule has 0 amide bonds. The lowest BCUT2D eigenvalue weighted by Gasteiger charge is -2.43. The zero-order valence-corrected chi connectivity index (χ0v) is 8.56. The fourth-order valence-electron chi connectivity index (χ4n) is 1.86. The molecule has 0 radical (unpaired) electrons. The molecule has 1 fully saturated rings. The van der Waals surface area contributed by atoms with Gasteiger partial charge in [0.25, 0.3) is 0 Å². The summed E-state index contributed by atoms with van der Waals surface area (Å²) in [6.07, 6.45) is 5.50. The van der Waals surface area contributed by atoms with Gasteiger partial charge in [-0.3, -0.25) is 4.99 Å². The van der Waals surface area contributed by atoms with Gasteiger partial charge >= 0.3 is 0 Å². The SMILES string of the molecule is CC1(C)N=CC=CC1(N)C1COCO1. The van der Waals surface area contributed by atoms with E-state index in [4.69, 9.17) is 15.2 Å². The van der Waals surface area contributed by atoms with Crippen LogP contribution in [-0.4, -0.2) is 36.8 Å². The predicted octanol–water partition coefficient (Wildman–Crippen LogP) is 0.476. The summed E-state index contributed by atoms with van der Waals surface area (Å²) in [5.41, 5.74) is 5.42. The minimum absolute atomic E-state index is 0.105. The monoisotopic (exact) mass is 196 g/mol. The van der Waals surface area contributed by atoms with Crippen LogP contribution in [0.15, 0.2) is 17.1 Å². The van der Waals surface area contributed by atoms with E-state index < -0.39 is 5.54 Å². The van der Waals surface area contributed by atoms with Gasteiger partial charge in [-0.15, -0.1) is 0 Å². The highest BCUT2D eigenvalue weighted by atomic mass is 16.7. The molecule has 0 aliphatic carbocycles. The van der Waals surface area contributed by atoms with Crippen LogP contribution in [0.4, 0.5) is 0 Å². The predicted molar refractivity (Wildman–Crippen MR) is 54.3 cm³/mol. The van der Waals surface area contributed by atoms with Crippen LogP contribution in [0.25, 0.3) is 0 Å². The highest BCUT2D eigenvalue weighted by Crippen LogP contribution is 2.33. The number of nitrogens with two attached hydrogens (primary N) is 1. The lowest BCUT2D eigenvalue weighted by Crippen LogP contribution is -2.64. The molecular weight excluding hydrogens is 180 g/mol. The first-order valence-corrected chi connectivity index (χ1v) is 4.77. The van der Waals surface area contributed by atoms with E-state index in [1.54, 1.807) is 6.21 Å². The van der Waals surface area contributed by atoms with Gasteiger partial charge in [-0.25, -0.2) is 0 Å². The molecular formula is C10H16N2O2. The van der Waals surface area contributed by atoms with Crippen molar-refractivity contribution in [3.63, 3.8) is 0 Å². The highest BCUT2D eigenvalue weighted by molar-refractivity contribution is 5.74. The fraction of sp³-hybridized carbons (Fsp3) is 0.700. The van der Waals surface area contributed by atoms with E-state index in [0.29, 0.717) is 13.4 Å². The number of hydrogen-bond donors (Lipinski definition) is 1. The quantitative estimate of drug-likeness (QED) is 0.663. The van der Waals surface area contributed by atoms with Crippen LogP contribution in [0.1, 0.15) is 13.8 Å². The van der Waals surface area contributed by atoms with Crippen molar-refractivity contribution in [3.05, 3.63) is 12.2 Å². The Morgan fingerprint density at radius 1 is 1.50 bits per heavy atom. The topological polar surface area (TPSA) is 56.8 Å². The van der Waals surface area contributed by atoms with E-state index >= 15 is 0 Å². The highest BCUT2D eigenvalue weighted by Gasteiger charge is 2.49. The van der Waals surface area contributed by atoms with E-state index in [1.807, 2.05) is 26.0 Å². The van der Waals surface area contributed by atoms with Crippen molar-refractivity contribution in [2.24, 2.45) is 10.7 Å². The number of ether oxygens (including phenoxy) is 2. The summed E-state index contributed by atoms with van der Waals surface area (Å²) < 4.78 is 10.6. The molecule has 0 aromatic heterocycles. The van der Waals surface area contributed by atoms with E-state index in [2.05, 4.69) is 4.99 Å². The van der Waals surface area contributed by atoms with E-state index in [0.717, 1.165) is 0 Å². The molecule has 0 spiro atoms. The molecule has 2 atom stereocenters. The van der Waals surface area contributed by atoms with Crippen molar-refractivity contribution in [1.82, 2.24) is 0 Å². The maximum Gasteiger partial charge on any atom is 0.147 e. The van der Waals surface area contributed by atoms with E-state index in [9.17, 15) is 0 Å². The number of rotatable bonds is 1. The number of dihydropyridines is 1. The normalized spacial score (nSPS) is 40.4. The van der Waals surface area contributed by atoms with Crippen molar-refractivity contribution < 1.29 is 9.47 Å². The van der Waals surface area contributed by atoms with Gasteiger partial charge in [0, 0.05) is 6.21 Å². The van der Waals surface area contributed by atoms with Crippen molar-refractivity contribution in [1.29, 1.82) is 0 Å². The summed E-state index contributed by atoms with van der Waals surface area (Å²) >= 11 is 0. The third-order valence-corrected chi connectivity index (χ3v) is 3.07. The number of aliphatic imine (C=N–C) groups is 1. The maximum absolute atomic E-state index is 6.34. The van der Waals surface area contributed by atoms with Crippen LogP contribution in [0.2, 0.25) is 0 Å². The van der Waals surface area contributed by atoms with Crippen molar-refractivity contribution in [3.8, 4) is 0 Å². The standard InChI is InChI=1S/C10H16N2O2/c1-9(2)10(11,4-3-5-12-9)8-6-13-7-14-8/h3-5,8H,6-7,11H2,1-2H3. The Hall–Kier alpha value is -0.710. The van der Waals surface area contributed by atoms with Crippen LogP contribution in [-0.2, 0) is 9.47 Å². The summed E-state index contributed by atoms with van der Waals surface area (Å²) in [4.78, 5) is 4.39. The molecule has 0 bridgehead atoms. The Morgan fingerprint density at radius 3 is 2.86 bits per heavy atom. The fourth-order valence-corrected chi connectivity index (χ4v) is 1.86. The molecule has 2 aliphatic heterocycles. The van der Waals surface area contributed by atoms with Gasteiger partial charge in [-0.1, -0.05) is 6.08 Å². The Kier molecular flexibility index (Phi) is 2.21. The molecule has 4 nitrogen and oxygen atoms in total. The van der Waals surface area contributed by atoms with Gasteiger partial charge in [0.2, 0.25) is 0 Å². The first kappa shape index (κ1) is 9.83. The zero-order chi connectivity index (χ0) is 10.2. The second kappa shape index (κ2) is 3.15. The molecule has 2 unspecified atom stereocenters. The molecule has 2 rings (SSSR count). The van der Waals surface area contributed by atoms with Gasteiger partial charge in [0.1, 0.15) is 12.9 Å². The summed E-state index contributed by atoms with van der Waals surface area (Å²) in [6, 6.07) is 0. The maximum atomic E-state index is 6.34. The first-order valence-electron chi connectivity index (χ1n) is 4.77. The Bertz CT molecular complexity index is 280. The molecule has 0 aromatic carbocycles. The summed E-state index contributed by atoms with van der Waals surface area (Å²) in [5, 5.41) is 0. The third-order valence-electron chi connectivity index (χ3n) is 3.07. The molecule has 2 heterocycles. The minimum atomic E-state index is -0.571. The number of hydrogen-bond acceptors (Lipinski definition) is 4. The lowest BCUT2D eigenvalue weighted by atomic mass is 9.75. The summed E-state index contributed by atoms with van der Waals surface area (Å²) in [6.45, 7) is 4.89. The van der Waals surface area contributed by atoms with Crippen LogP contribution >= 0.6 is 0 Å². The Morgan fingerprint density at radius 2 is 2.29 bits per heavy atom. The number of allylic oxidation sites excluding steroid dienone is 1. The van der Waals surface area contributed by atoms with Crippen LogP contribution < -0.4 is 5.73 Å². The average Bonchev–Trinajstić information content (AvgIpc) is 2.63. The van der Waals surface area contributed by atoms with E-state index in [1.165, 1.54) is 0 Å².